The molecule has 3 rings (SSSR count). The molecule has 0 spiro atoms. The largest absolute Gasteiger partial charge is 0.497 e. The van der Waals surface area contributed by atoms with Crippen molar-refractivity contribution in [3.8, 4) is 17.2 Å². The molecule has 1 amide bonds. The molecule has 0 saturated carbocycles. The zero-order chi connectivity index (χ0) is 23.1. The van der Waals surface area contributed by atoms with Gasteiger partial charge in [0.25, 0.3) is 0 Å². The summed E-state index contributed by atoms with van der Waals surface area (Å²) >= 11 is 0. The van der Waals surface area contributed by atoms with Crippen LogP contribution in [0.15, 0.2) is 76.5 Å². The lowest BCUT2D eigenvalue weighted by Crippen LogP contribution is -2.22. The third-order valence-corrected chi connectivity index (χ3v) is 6.45. The van der Waals surface area contributed by atoms with Crippen LogP contribution in [0.4, 0.5) is 11.4 Å². The molecule has 168 valence electrons. The molecular weight excluding hydrogens is 432 g/mol. The zero-order valence-corrected chi connectivity index (χ0v) is 18.7. The Hall–Kier alpha value is -3.72. The molecule has 32 heavy (non-hydrogen) atoms. The number of amides is 1. The van der Waals surface area contributed by atoms with Gasteiger partial charge in [0.15, 0.2) is 11.5 Å². The van der Waals surface area contributed by atoms with Gasteiger partial charge in [-0.1, -0.05) is 18.2 Å². The molecule has 0 heterocycles. The van der Waals surface area contributed by atoms with Gasteiger partial charge in [0.1, 0.15) is 5.75 Å². The molecule has 8 nitrogen and oxygen atoms in total. The second-order valence-electron chi connectivity index (χ2n) is 6.65. The van der Waals surface area contributed by atoms with E-state index in [4.69, 9.17) is 14.2 Å². The predicted octanol–water partition coefficient (Wildman–Crippen LogP) is 3.60. The van der Waals surface area contributed by atoms with Crippen LogP contribution in [-0.4, -0.2) is 42.2 Å². The van der Waals surface area contributed by atoms with Crippen molar-refractivity contribution in [3.63, 3.8) is 0 Å². The highest BCUT2D eigenvalue weighted by molar-refractivity contribution is 7.91. The number of hydrogen-bond acceptors (Lipinski definition) is 7. The summed E-state index contributed by atoms with van der Waals surface area (Å²) in [5.74, 6) is 1.04. The fourth-order valence-electron chi connectivity index (χ4n) is 3.02. The summed E-state index contributed by atoms with van der Waals surface area (Å²) in [6.07, 6.45) is 0. The van der Waals surface area contributed by atoms with E-state index in [0.29, 0.717) is 22.9 Å². The molecule has 0 aliphatic carbocycles. The van der Waals surface area contributed by atoms with Gasteiger partial charge in [0.05, 0.1) is 43.4 Å². The third kappa shape index (κ3) is 5.12. The van der Waals surface area contributed by atoms with Crippen molar-refractivity contribution < 1.29 is 27.4 Å². The second-order valence-corrected chi connectivity index (χ2v) is 8.57. The molecule has 0 aliphatic rings. The minimum atomic E-state index is -3.83. The number of nitrogens with one attached hydrogen (secondary N) is 2. The summed E-state index contributed by atoms with van der Waals surface area (Å²) in [6, 6.07) is 17.7. The van der Waals surface area contributed by atoms with Gasteiger partial charge < -0.3 is 24.8 Å². The number of ether oxygens (including phenoxy) is 3. The first-order valence-corrected chi connectivity index (χ1v) is 11.1. The lowest BCUT2D eigenvalue weighted by Gasteiger charge is -2.15. The van der Waals surface area contributed by atoms with Gasteiger partial charge in [-0.25, -0.2) is 8.42 Å². The SMILES string of the molecule is COc1ccc(NCC(=O)Nc2ccc(OC)c(OC)c2)c(S(=O)(=O)c2ccccc2)c1. The normalized spacial score (nSPS) is 10.8. The van der Waals surface area contributed by atoms with Crippen molar-refractivity contribution in [2.24, 2.45) is 0 Å². The molecule has 0 unspecified atom stereocenters. The average Bonchev–Trinajstić information content (AvgIpc) is 2.83. The molecule has 0 radical (unpaired) electrons. The van der Waals surface area contributed by atoms with Crippen molar-refractivity contribution in [2.45, 2.75) is 9.79 Å². The maximum absolute atomic E-state index is 13.2. The first-order chi connectivity index (χ1) is 15.4. The Morgan fingerprint density at radius 2 is 1.56 bits per heavy atom. The van der Waals surface area contributed by atoms with E-state index in [2.05, 4.69) is 10.6 Å². The molecule has 0 saturated heterocycles. The summed E-state index contributed by atoms with van der Waals surface area (Å²) in [6.45, 7) is -0.155. The number of hydrogen-bond donors (Lipinski definition) is 2. The topological polar surface area (TPSA) is 103 Å². The zero-order valence-electron chi connectivity index (χ0n) is 17.9. The highest BCUT2D eigenvalue weighted by atomic mass is 32.2. The average molecular weight is 457 g/mol. The maximum atomic E-state index is 13.2. The van der Waals surface area contributed by atoms with Crippen molar-refractivity contribution in [2.75, 3.05) is 38.5 Å². The fourth-order valence-corrected chi connectivity index (χ4v) is 4.49. The van der Waals surface area contributed by atoms with E-state index in [1.165, 1.54) is 39.5 Å². The first-order valence-electron chi connectivity index (χ1n) is 9.63. The van der Waals surface area contributed by atoms with Crippen LogP contribution in [0.3, 0.4) is 0 Å². The minimum absolute atomic E-state index is 0.0157. The van der Waals surface area contributed by atoms with Gasteiger partial charge in [0.2, 0.25) is 15.7 Å². The monoisotopic (exact) mass is 456 g/mol. The third-order valence-electron chi connectivity index (χ3n) is 4.64. The second kappa shape index (κ2) is 10.1. The van der Waals surface area contributed by atoms with E-state index >= 15 is 0 Å². The highest BCUT2D eigenvalue weighted by Crippen LogP contribution is 2.32. The summed E-state index contributed by atoms with van der Waals surface area (Å²) in [7, 11) is 0.653. The van der Waals surface area contributed by atoms with Crippen LogP contribution in [0.5, 0.6) is 17.2 Å². The highest BCUT2D eigenvalue weighted by Gasteiger charge is 2.22. The molecule has 0 atom stereocenters. The number of benzene rings is 3. The van der Waals surface area contributed by atoms with E-state index in [1.54, 1.807) is 48.5 Å². The van der Waals surface area contributed by atoms with Crippen LogP contribution >= 0.6 is 0 Å². The molecule has 0 bridgehead atoms. The maximum Gasteiger partial charge on any atom is 0.243 e. The Balaban J connectivity index is 1.80. The van der Waals surface area contributed by atoms with E-state index in [-0.39, 0.29) is 27.9 Å². The Kier molecular flexibility index (Phi) is 7.21. The Bertz CT molecular complexity index is 1200. The summed E-state index contributed by atoms with van der Waals surface area (Å²) in [5, 5.41) is 5.65. The van der Waals surface area contributed by atoms with Crippen molar-refractivity contribution in [1.82, 2.24) is 0 Å². The number of carbonyl (C=O) groups excluding carboxylic acids is 1. The van der Waals surface area contributed by atoms with Crippen LogP contribution in [-0.2, 0) is 14.6 Å². The van der Waals surface area contributed by atoms with E-state index in [1.807, 2.05) is 0 Å². The molecule has 9 heteroatoms. The van der Waals surface area contributed by atoms with Crippen molar-refractivity contribution in [1.29, 1.82) is 0 Å². The van der Waals surface area contributed by atoms with Crippen molar-refractivity contribution >= 4 is 27.1 Å². The minimum Gasteiger partial charge on any atom is -0.497 e. The molecule has 0 aromatic heterocycles. The summed E-state index contributed by atoms with van der Waals surface area (Å²) in [5.41, 5.74) is 0.804. The first kappa shape index (κ1) is 23.0. The van der Waals surface area contributed by atoms with Gasteiger partial charge in [-0.2, -0.15) is 0 Å². The molecule has 0 aliphatic heterocycles. The quantitative estimate of drug-likeness (QED) is 0.507. The number of anilines is 2. The van der Waals surface area contributed by atoms with E-state index < -0.39 is 9.84 Å². The van der Waals surface area contributed by atoms with Crippen LogP contribution in [0.2, 0.25) is 0 Å². The lowest BCUT2D eigenvalue weighted by molar-refractivity contribution is -0.114. The van der Waals surface area contributed by atoms with E-state index in [0.717, 1.165) is 0 Å². The fraction of sp³-hybridized carbons (Fsp3) is 0.174. The van der Waals surface area contributed by atoms with Crippen LogP contribution in [0.1, 0.15) is 0 Å². The Morgan fingerprint density at radius 3 is 2.22 bits per heavy atom. The Labute approximate surface area is 187 Å². The van der Waals surface area contributed by atoms with Crippen LogP contribution in [0, 0.1) is 0 Å². The molecule has 3 aromatic carbocycles. The van der Waals surface area contributed by atoms with Crippen LogP contribution < -0.4 is 24.8 Å². The number of carbonyl (C=O) groups is 1. The van der Waals surface area contributed by atoms with Gasteiger partial charge in [-0.15, -0.1) is 0 Å². The molecular formula is C23H24N2O6S. The predicted molar refractivity (Wildman–Crippen MR) is 122 cm³/mol. The number of sulfone groups is 1. The molecule has 2 N–H and O–H groups in total. The standard InChI is InChI=1S/C23H24N2O6S/c1-29-17-10-11-19(22(14-17)32(27,28)18-7-5-4-6-8-18)24-15-23(26)25-16-9-12-20(30-2)21(13-16)31-3/h4-14,24H,15H2,1-3H3,(H,25,26). The van der Waals surface area contributed by atoms with Gasteiger partial charge in [0, 0.05) is 17.8 Å². The smallest absolute Gasteiger partial charge is 0.243 e. The van der Waals surface area contributed by atoms with Gasteiger partial charge in [-0.3, -0.25) is 4.79 Å². The van der Waals surface area contributed by atoms with Crippen LogP contribution in [0.25, 0.3) is 0 Å². The summed E-state index contributed by atoms with van der Waals surface area (Å²) < 4.78 is 41.9. The Morgan fingerprint density at radius 1 is 0.844 bits per heavy atom. The number of methoxy groups -OCH3 is 3. The van der Waals surface area contributed by atoms with Gasteiger partial charge in [-0.05, 0) is 36.4 Å². The molecule has 0 fully saturated rings. The number of rotatable bonds is 9. The molecule has 3 aromatic rings. The lowest BCUT2D eigenvalue weighted by atomic mass is 10.2. The van der Waals surface area contributed by atoms with E-state index in [9.17, 15) is 13.2 Å². The van der Waals surface area contributed by atoms with Crippen molar-refractivity contribution in [3.05, 3.63) is 66.7 Å². The van der Waals surface area contributed by atoms with Gasteiger partial charge >= 0.3 is 0 Å². The summed E-state index contributed by atoms with van der Waals surface area (Å²) in [4.78, 5) is 12.6.